The molecule has 46 heavy (non-hydrogen) atoms. The van der Waals surface area contributed by atoms with Crippen molar-refractivity contribution < 1.29 is 28.8 Å². The van der Waals surface area contributed by atoms with Gasteiger partial charge in [-0.1, -0.05) is 71.7 Å². The summed E-state index contributed by atoms with van der Waals surface area (Å²) < 4.78 is 23.2. The average Bonchev–Trinajstić information content (AvgIpc) is 3.45. The van der Waals surface area contributed by atoms with Crippen molar-refractivity contribution in [3.05, 3.63) is 123 Å². The minimum atomic E-state index is -1.48. The molecule has 1 aliphatic rings. The number of nitrogens with one attached hydrogen (secondary N) is 2. The molecule has 11 heteroatoms. The van der Waals surface area contributed by atoms with Gasteiger partial charge in [0, 0.05) is 52.7 Å². The van der Waals surface area contributed by atoms with Crippen molar-refractivity contribution in [2.75, 3.05) is 27.4 Å². The fourth-order valence-electron chi connectivity index (χ4n) is 5.30. The van der Waals surface area contributed by atoms with Gasteiger partial charge in [-0.05, 0) is 48.0 Å². The van der Waals surface area contributed by atoms with E-state index in [0.717, 1.165) is 11.1 Å². The van der Waals surface area contributed by atoms with Gasteiger partial charge in [0.2, 0.25) is 5.90 Å². The van der Waals surface area contributed by atoms with Gasteiger partial charge in [0.25, 0.3) is 5.91 Å². The fourth-order valence-corrected chi connectivity index (χ4v) is 5.81. The lowest BCUT2D eigenvalue weighted by molar-refractivity contribution is -0.130. The number of methoxy groups -OCH3 is 2. The average molecular weight is 665 g/mol. The van der Waals surface area contributed by atoms with Crippen LogP contribution in [0, 0.1) is 0 Å². The lowest BCUT2D eigenvalue weighted by Gasteiger charge is -2.31. The molecule has 1 amide bonds. The summed E-state index contributed by atoms with van der Waals surface area (Å²) in [4.78, 5) is 19.5. The van der Waals surface area contributed by atoms with Gasteiger partial charge in [-0.2, -0.15) is 0 Å². The number of rotatable bonds is 14. The Morgan fingerprint density at radius 1 is 0.978 bits per heavy atom. The molecule has 9 nitrogen and oxygen atoms in total. The van der Waals surface area contributed by atoms with E-state index in [4.69, 9.17) is 52.2 Å². The maximum atomic E-state index is 14.5. The number of ether oxygens (including phenoxy) is 4. The van der Waals surface area contributed by atoms with Crippen LogP contribution in [0.2, 0.25) is 10.0 Å². The molecule has 1 aliphatic heterocycles. The van der Waals surface area contributed by atoms with Crippen LogP contribution >= 0.6 is 23.2 Å². The molecule has 0 bridgehead atoms. The highest BCUT2D eigenvalue weighted by molar-refractivity contribution is 6.35. The van der Waals surface area contributed by atoms with Crippen molar-refractivity contribution in [3.8, 4) is 17.2 Å². The van der Waals surface area contributed by atoms with Crippen LogP contribution in [-0.4, -0.2) is 49.9 Å². The minimum Gasteiger partial charge on any atom is -0.494 e. The Bertz CT molecular complexity index is 1670. The zero-order valence-electron chi connectivity index (χ0n) is 25.5. The zero-order chi connectivity index (χ0) is 32.5. The number of aliphatic hydroxyl groups is 1. The van der Waals surface area contributed by atoms with Gasteiger partial charge in [0.05, 0.1) is 20.8 Å². The first-order chi connectivity index (χ1) is 22.4. The molecule has 0 saturated heterocycles. The van der Waals surface area contributed by atoms with E-state index in [0.29, 0.717) is 51.4 Å². The number of hydrogen-bond donors (Lipinski definition) is 3. The molecule has 0 aliphatic carbocycles. The third-order valence-electron chi connectivity index (χ3n) is 7.56. The maximum Gasteiger partial charge on any atom is 0.266 e. The second kappa shape index (κ2) is 15.3. The van der Waals surface area contributed by atoms with Crippen LogP contribution < -0.4 is 25.1 Å². The molecule has 0 spiro atoms. The molecule has 4 aromatic carbocycles. The highest BCUT2D eigenvalue weighted by atomic mass is 35.5. The molecular weight excluding hydrogens is 629 g/mol. The molecule has 4 aromatic rings. The normalized spacial score (nSPS) is 17.2. The van der Waals surface area contributed by atoms with Crippen molar-refractivity contribution in [2.45, 2.75) is 31.0 Å². The van der Waals surface area contributed by atoms with E-state index >= 15 is 0 Å². The monoisotopic (exact) mass is 663 g/mol. The van der Waals surface area contributed by atoms with Crippen molar-refractivity contribution in [2.24, 2.45) is 4.99 Å². The molecule has 0 fully saturated rings. The van der Waals surface area contributed by atoms with E-state index in [1.54, 1.807) is 50.6 Å². The zero-order valence-corrected chi connectivity index (χ0v) is 27.0. The first kappa shape index (κ1) is 33.1. The van der Waals surface area contributed by atoms with Crippen LogP contribution in [0.25, 0.3) is 0 Å². The molecule has 5 rings (SSSR count). The Morgan fingerprint density at radius 3 is 2.46 bits per heavy atom. The fraction of sp³-hybridized carbons (Fsp3) is 0.257. The minimum absolute atomic E-state index is 0.0465. The largest absolute Gasteiger partial charge is 0.494 e. The van der Waals surface area contributed by atoms with Gasteiger partial charge in [-0.3, -0.25) is 10.2 Å². The SMILES string of the molecule is COc1cccc(CNNC(=O)[C@@]2(Cc3ccccc3)N=C(c3ccc(OCCCO)cc3)O[C@H]2c2ccc(Cl)cc2Cl)c1OC. The lowest BCUT2D eigenvalue weighted by Crippen LogP contribution is -2.53. The number of aliphatic imine (C=N–C) groups is 1. The van der Waals surface area contributed by atoms with E-state index in [1.807, 2.05) is 54.6 Å². The molecular formula is C35H35Cl2N3O6. The third kappa shape index (κ3) is 7.40. The summed E-state index contributed by atoms with van der Waals surface area (Å²) >= 11 is 13.0. The van der Waals surface area contributed by atoms with Crippen LogP contribution in [-0.2, 0) is 22.5 Å². The van der Waals surface area contributed by atoms with Crippen LogP contribution in [0.5, 0.6) is 17.2 Å². The molecule has 0 saturated carbocycles. The number of aliphatic hydroxyl groups excluding tert-OH is 1. The van der Waals surface area contributed by atoms with Crippen LogP contribution in [0.4, 0.5) is 0 Å². The second-order valence-electron chi connectivity index (χ2n) is 10.6. The lowest BCUT2D eigenvalue weighted by atomic mass is 9.82. The Morgan fingerprint density at radius 2 is 1.76 bits per heavy atom. The molecule has 240 valence electrons. The number of para-hydroxylation sites is 1. The first-order valence-electron chi connectivity index (χ1n) is 14.7. The number of amides is 1. The number of carbonyl (C=O) groups is 1. The van der Waals surface area contributed by atoms with E-state index in [1.165, 1.54) is 0 Å². The maximum absolute atomic E-state index is 14.5. The van der Waals surface area contributed by atoms with E-state index in [2.05, 4.69) is 10.9 Å². The molecule has 2 atom stereocenters. The quantitative estimate of drug-likeness (QED) is 0.111. The number of benzene rings is 4. The Hall–Kier alpha value is -4.28. The molecule has 0 unspecified atom stereocenters. The Balaban J connectivity index is 1.52. The predicted molar refractivity (Wildman–Crippen MR) is 178 cm³/mol. The molecule has 0 radical (unpaired) electrons. The van der Waals surface area contributed by atoms with Gasteiger partial charge in [0.15, 0.2) is 23.1 Å². The van der Waals surface area contributed by atoms with Crippen LogP contribution in [0.15, 0.2) is 96.0 Å². The van der Waals surface area contributed by atoms with E-state index in [9.17, 15) is 4.79 Å². The highest BCUT2D eigenvalue weighted by Crippen LogP contribution is 2.45. The second-order valence-corrected chi connectivity index (χ2v) is 11.4. The van der Waals surface area contributed by atoms with Crippen LogP contribution in [0.1, 0.15) is 34.8 Å². The number of carbonyl (C=O) groups excluding carboxylic acids is 1. The standard InChI is InChI=1S/C35H35Cl2N3O6/c1-43-30-11-6-10-25(31(30)44-2)22-38-40-34(42)35(21-23-8-4-3-5-9-23)32(28-17-14-26(36)20-29(28)37)46-33(39-35)24-12-15-27(16-13-24)45-19-7-18-41/h3-6,8-17,20,32,38,41H,7,18-19,21-22H2,1-2H3,(H,40,42)/t32-,35-/m0/s1. The Kier molecular flexibility index (Phi) is 11.0. The summed E-state index contributed by atoms with van der Waals surface area (Å²) in [6.07, 6.45) is -0.169. The van der Waals surface area contributed by atoms with Crippen molar-refractivity contribution >= 4 is 35.0 Å². The van der Waals surface area contributed by atoms with Crippen molar-refractivity contribution in [1.29, 1.82) is 0 Å². The highest BCUT2D eigenvalue weighted by Gasteiger charge is 2.54. The predicted octanol–water partition coefficient (Wildman–Crippen LogP) is 6.09. The van der Waals surface area contributed by atoms with Crippen LogP contribution in [0.3, 0.4) is 0 Å². The number of halogens is 2. The number of nitrogens with zero attached hydrogens (tertiary/aromatic N) is 1. The number of hydrazine groups is 1. The number of hydrogen-bond acceptors (Lipinski definition) is 8. The topological polar surface area (TPSA) is 111 Å². The summed E-state index contributed by atoms with van der Waals surface area (Å²) in [7, 11) is 3.13. The van der Waals surface area contributed by atoms with Gasteiger partial charge in [-0.15, -0.1) is 0 Å². The van der Waals surface area contributed by atoms with Crippen molar-refractivity contribution in [3.63, 3.8) is 0 Å². The van der Waals surface area contributed by atoms with Gasteiger partial charge >= 0.3 is 0 Å². The summed E-state index contributed by atoms with van der Waals surface area (Å²) in [6, 6.07) is 27.5. The van der Waals surface area contributed by atoms with Gasteiger partial charge in [-0.25, -0.2) is 10.4 Å². The summed E-state index contributed by atoms with van der Waals surface area (Å²) in [6.45, 7) is 0.680. The van der Waals surface area contributed by atoms with E-state index < -0.39 is 17.6 Å². The molecule has 3 N–H and O–H groups in total. The van der Waals surface area contributed by atoms with E-state index in [-0.39, 0.29) is 25.5 Å². The first-order valence-corrected chi connectivity index (χ1v) is 15.5. The molecule has 0 aromatic heterocycles. The van der Waals surface area contributed by atoms with Crippen molar-refractivity contribution in [1.82, 2.24) is 10.9 Å². The van der Waals surface area contributed by atoms with Gasteiger partial charge in [0.1, 0.15) is 5.75 Å². The summed E-state index contributed by atoms with van der Waals surface area (Å²) in [5.41, 5.74) is 7.33. The van der Waals surface area contributed by atoms with Gasteiger partial charge < -0.3 is 24.1 Å². The summed E-state index contributed by atoms with van der Waals surface area (Å²) in [5.74, 6) is 1.63. The molecule has 1 heterocycles. The smallest absolute Gasteiger partial charge is 0.266 e. The third-order valence-corrected chi connectivity index (χ3v) is 8.12. The Labute approximate surface area is 278 Å². The summed E-state index contributed by atoms with van der Waals surface area (Å²) in [5, 5.41) is 9.87.